The number of carbonyl (C=O) groups excluding carboxylic acids is 1. The van der Waals surface area contributed by atoms with Crippen LogP contribution in [0.1, 0.15) is 52.2 Å². The first kappa shape index (κ1) is 18.3. The van der Waals surface area contributed by atoms with Crippen LogP contribution < -0.4 is 5.32 Å². The summed E-state index contributed by atoms with van der Waals surface area (Å²) in [7, 11) is 0. The number of hydrogen-bond acceptors (Lipinski definition) is 3. The number of nitrogens with one attached hydrogen (secondary N) is 1. The lowest BCUT2D eigenvalue weighted by Gasteiger charge is -2.32. The van der Waals surface area contributed by atoms with E-state index in [1.54, 1.807) is 23.1 Å². The van der Waals surface area contributed by atoms with Crippen molar-refractivity contribution in [2.75, 3.05) is 13.1 Å². The molecule has 0 unspecified atom stereocenters. The van der Waals surface area contributed by atoms with Crippen molar-refractivity contribution in [2.45, 2.75) is 52.2 Å². The molecule has 0 bridgehead atoms. The lowest BCUT2D eigenvalue weighted by atomic mass is 9.96. The SMILES string of the molecule is CCN(C[C@@H](O)c1cccc(O)c1)C(=O)NC(C)(CC)CC. The molecule has 1 atom stereocenters. The first-order chi connectivity index (χ1) is 10.3. The molecule has 0 radical (unpaired) electrons. The Morgan fingerprint density at radius 3 is 2.45 bits per heavy atom. The lowest BCUT2D eigenvalue weighted by molar-refractivity contribution is 0.118. The van der Waals surface area contributed by atoms with E-state index >= 15 is 0 Å². The topological polar surface area (TPSA) is 72.8 Å². The molecule has 2 amide bonds. The minimum atomic E-state index is -0.827. The molecule has 3 N–H and O–H groups in total. The number of amides is 2. The van der Waals surface area contributed by atoms with E-state index in [1.165, 1.54) is 6.07 Å². The van der Waals surface area contributed by atoms with Crippen LogP contribution in [0, 0.1) is 0 Å². The summed E-state index contributed by atoms with van der Waals surface area (Å²) in [6.45, 7) is 8.68. The third-order valence-electron chi connectivity index (χ3n) is 4.29. The van der Waals surface area contributed by atoms with Crippen LogP contribution in [0.4, 0.5) is 4.79 Å². The maximum absolute atomic E-state index is 12.4. The van der Waals surface area contributed by atoms with E-state index in [9.17, 15) is 15.0 Å². The second-order valence-corrected chi connectivity index (χ2v) is 5.85. The zero-order valence-electron chi connectivity index (χ0n) is 14.0. The van der Waals surface area contributed by atoms with Crippen LogP contribution in [0.15, 0.2) is 24.3 Å². The predicted molar refractivity (Wildman–Crippen MR) is 87.8 cm³/mol. The Bertz CT molecular complexity index is 487. The summed E-state index contributed by atoms with van der Waals surface area (Å²) in [4.78, 5) is 14.0. The first-order valence-electron chi connectivity index (χ1n) is 7.89. The van der Waals surface area contributed by atoms with Gasteiger partial charge < -0.3 is 20.4 Å². The summed E-state index contributed by atoms with van der Waals surface area (Å²) in [5.41, 5.74) is 0.362. The Labute approximate surface area is 133 Å². The Kier molecular flexibility index (Phi) is 6.68. The number of urea groups is 1. The van der Waals surface area contributed by atoms with E-state index in [-0.39, 0.29) is 23.9 Å². The van der Waals surface area contributed by atoms with Crippen LogP contribution in [0.5, 0.6) is 5.75 Å². The highest BCUT2D eigenvalue weighted by atomic mass is 16.3. The van der Waals surface area contributed by atoms with E-state index in [2.05, 4.69) is 5.32 Å². The van der Waals surface area contributed by atoms with Crippen LogP contribution in [0.3, 0.4) is 0 Å². The van der Waals surface area contributed by atoms with Crippen LogP contribution in [-0.4, -0.2) is 39.8 Å². The largest absolute Gasteiger partial charge is 0.508 e. The molecule has 0 heterocycles. The molecule has 0 spiro atoms. The maximum atomic E-state index is 12.4. The molecule has 0 aliphatic carbocycles. The summed E-state index contributed by atoms with van der Waals surface area (Å²) in [5.74, 6) is 0.105. The van der Waals surface area contributed by atoms with Crippen molar-refractivity contribution in [1.29, 1.82) is 0 Å². The van der Waals surface area contributed by atoms with Gasteiger partial charge in [-0.1, -0.05) is 26.0 Å². The van der Waals surface area contributed by atoms with Crippen molar-refractivity contribution in [3.8, 4) is 5.75 Å². The quantitative estimate of drug-likeness (QED) is 0.725. The fourth-order valence-corrected chi connectivity index (χ4v) is 2.17. The number of aliphatic hydroxyl groups excluding tert-OH is 1. The summed E-state index contributed by atoms with van der Waals surface area (Å²) < 4.78 is 0. The number of benzene rings is 1. The number of rotatable bonds is 7. The monoisotopic (exact) mass is 308 g/mol. The van der Waals surface area contributed by atoms with Crippen molar-refractivity contribution in [2.24, 2.45) is 0 Å². The molecule has 124 valence electrons. The lowest BCUT2D eigenvalue weighted by Crippen LogP contribution is -2.51. The number of phenolic OH excluding ortho intramolecular Hbond substituents is 1. The van der Waals surface area contributed by atoms with Crippen LogP contribution >= 0.6 is 0 Å². The highest BCUT2D eigenvalue weighted by Crippen LogP contribution is 2.20. The summed E-state index contributed by atoms with van der Waals surface area (Å²) in [6.07, 6.45) is 0.872. The molecule has 0 fully saturated rings. The Morgan fingerprint density at radius 1 is 1.32 bits per heavy atom. The van der Waals surface area contributed by atoms with Gasteiger partial charge in [0.05, 0.1) is 12.6 Å². The molecular weight excluding hydrogens is 280 g/mol. The third-order valence-corrected chi connectivity index (χ3v) is 4.29. The van der Waals surface area contributed by atoms with Crippen molar-refractivity contribution in [3.05, 3.63) is 29.8 Å². The van der Waals surface area contributed by atoms with Gasteiger partial charge in [-0.05, 0) is 44.4 Å². The standard InChI is InChI=1S/C17H28N2O3/c1-5-17(4,6-2)18-16(22)19(7-3)12-15(21)13-9-8-10-14(20)11-13/h8-11,15,20-21H,5-7,12H2,1-4H3,(H,18,22)/t15-/m1/s1. The van der Waals surface area contributed by atoms with Crippen molar-refractivity contribution in [1.82, 2.24) is 10.2 Å². The number of aliphatic hydroxyl groups is 1. The number of hydrogen-bond donors (Lipinski definition) is 3. The zero-order chi connectivity index (χ0) is 16.8. The number of likely N-dealkylation sites (N-methyl/N-ethyl adjacent to an activating group) is 1. The van der Waals surface area contributed by atoms with Crippen LogP contribution in [0.25, 0.3) is 0 Å². The third kappa shape index (κ3) is 4.91. The van der Waals surface area contributed by atoms with Gasteiger partial charge in [-0.15, -0.1) is 0 Å². The Balaban J connectivity index is 2.73. The van der Waals surface area contributed by atoms with Crippen LogP contribution in [0.2, 0.25) is 0 Å². The van der Waals surface area contributed by atoms with Gasteiger partial charge in [0, 0.05) is 12.1 Å². The van der Waals surface area contributed by atoms with Gasteiger partial charge in [0.25, 0.3) is 0 Å². The number of carbonyl (C=O) groups is 1. The van der Waals surface area contributed by atoms with Gasteiger partial charge in [0.15, 0.2) is 0 Å². The molecule has 1 rings (SSSR count). The average molecular weight is 308 g/mol. The van der Waals surface area contributed by atoms with E-state index in [0.29, 0.717) is 12.1 Å². The molecule has 0 saturated carbocycles. The molecular formula is C17H28N2O3. The normalized spacial score (nSPS) is 12.8. The zero-order valence-corrected chi connectivity index (χ0v) is 14.0. The van der Waals surface area contributed by atoms with Gasteiger partial charge in [-0.3, -0.25) is 0 Å². The molecule has 0 aliphatic rings. The number of aromatic hydroxyl groups is 1. The summed E-state index contributed by atoms with van der Waals surface area (Å²) in [6, 6.07) is 6.30. The molecule has 5 heteroatoms. The summed E-state index contributed by atoms with van der Waals surface area (Å²) in [5, 5.41) is 22.8. The Hall–Kier alpha value is -1.75. The Morgan fingerprint density at radius 2 is 1.95 bits per heavy atom. The number of nitrogens with zero attached hydrogens (tertiary/aromatic N) is 1. The maximum Gasteiger partial charge on any atom is 0.317 e. The predicted octanol–water partition coefficient (Wildman–Crippen LogP) is 3.04. The molecule has 0 aromatic heterocycles. The minimum absolute atomic E-state index is 0.105. The molecule has 22 heavy (non-hydrogen) atoms. The summed E-state index contributed by atoms with van der Waals surface area (Å²) >= 11 is 0. The fourth-order valence-electron chi connectivity index (χ4n) is 2.17. The van der Waals surface area contributed by atoms with E-state index < -0.39 is 6.10 Å². The van der Waals surface area contributed by atoms with Gasteiger partial charge in [0.1, 0.15) is 5.75 Å². The molecule has 1 aromatic carbocycles. The molecule has 5 nitrogen and oxygen atoms in total. The number of phenols is 1. The average Bonchev–Trinajstić information content (AvgIpc) is 2.51. The molecule has 0 saturated heterocycles. The second kappa shape index (κ2) is 8.03. The first-order valence-corrected chi connectivity index (χ1v) is 7.89. The van der Waals surface area contributed by atoms with E-state index in [4.69, 9.17) is 0 Å². The van der Waals surface area contributed by atoms with Gasteiger partial charge >= 0.3 is 6.03 Å². The van der Waals surface area contributed by atoms with Gasteiger partial charge in [-0.25, -0.2) is 4.79 Å². The minimum Gasteiger partial charge on any atom is -0.508 e. The van der Waals surface area contributed by atoms with E-state index in [1.807, 2.05) is 27.7 Å². The van der Waals surface area contributed by atoms with Gasteiger partial charge in [-0.2, -0.15) is 0 Å². The molecule has 1 aromatic rings. The van der Waals surface area contributed by atoms with Crippen LogP contribution in [-0.2, 0) is 0 Å². The highest BCUT2D eigenvalue weighted by Gasteiger charge is 2.25. The van der Waals surface area contributed by atoms with Crippen molar-refractivity contribution in [3.63, 3.8) is 0 Å². The van der Waals surface area contributed by atoms with Gasteiger partial charge in [0.2, 0.25) is 0 Å². The fraction of sp³-hybridized carbons (Fsp3) is 0.588. The smallest absolute Gasteiger partial charge is 0.317 e. The van der Waals surface area contributed by atoms with Crippen molar-refractivity contribution >= 4 is 6.03 Å². The van der Waals surface area contributed by atoms with Crippen molar-refractivity contribution < 1.29 is 15.0 Å². The van der Waals surface area contributed by atoms with E-state index in [0.717, 1.165) is 12.8 Å². The highest BCUT2D eigenvalue weighted by molar-refractivity contribution is 5.75. The molecule has 0 aliphatic heterocycles. The second-order valence-electron chi connectivity index (χ2n) is 5.85.